The zero-order valence-corrected chi connectivity index (χ0v) is 15.1. The first-order valence-corrected chi connectivity index (χ1v) is 10.5. The molecule has 0 aliphatic carbocycles. The second-order valence-electron chi connectivity index (χ2n) is 7.85. The maximum atomic E-state index is 4.07. The third kappa shape index (κ3) is 8.31. The van der Waals surface area contributed by atoms with Gasteiger partial charge in [-0.05, 0) is 48.3 Å². The van der Waals surface area contributed by atoms with Crippen LogP contribution in [0.3, 0.4) is 0 Å². The molecule has 0 amide bonds. The van der Waals surface area contributed by atoms with E-state index in [1.165, 1.54) is 24.7 Å². The van der Waals surface area contributed by atoms with Crippen molar-refractivity contribution in [2.45, 2.75) is 73.5 Å². The van der Waals surface area contributed by atoms with Gasteiger partial charge in [0, 0.05) is 0 Å². The molecule has 0 rings (SSSR count). The molecule has 0 saturated carbocycles. The Morgan fingerprint density at radius 2 is 0.944 bits per heavy atom. The lowest BCUT2D eigenvalue weighted by Gasteiger charge is -2.38. The molecule has 1 nitrogen and oxygen atoms in total. The van der Waals surface area contributed by atoms with Crippen molar-refractivity contribution in [1.29, 1.82) is 0 Å². The van der Waals surface area contributed by atoms with Gasteiger partial charge in [0.1, 0.15) is 8.24 Å². The van der Waals surface area contributed by atoms with Crippen LogP contribution in [0.4, 0.5) is 0 Å². The van der Waals surface area contributed by atoms with Crippen LogP contribution in [-0.4, -0.2) is 14.8 Å². The average molecular weight is 272 g/mol. The number of rotatable bonds is 9. The summed E-state index contributed by atoms with van der Waals surface area (Å²) in [4.78, 5) is 4.07. The molecule has 0 radical (unpaired) electrons. The maximum absolute atomic E-state index is 4.07. The van der Waals surface area contributed by atoms with Crippen LogP contribution in [-0.2, 0) is 0 Å². The smallest absolute Gasteiger partial charge is 0.126 e. The molecule has 0 aliphatic rings. The zero-order valence-electron chi connectivity index (χ0n) is 14.1. The van der Waals surface area contributed by atoms with Crippen molar-refractivity contribution in [3.63, 3.8) is 0 Å². The molecule has 0 atom stereocenters. The molecule has 0 heterocycles. The Labute approximate surface area is 117 Å². The minimum absolute atomic E-state index is 0.767. The van der Waals surface area contributed by atoms with Gasteiger partial charge in [0.25, 0.3) is 0 Å². The van der Waals surface area contributed by atoms with E-state index in [1.54, 1.807) is 0 Å². The van der Waals surface area contributed by atoms with E-state index in [0.717, 1.165) is 23.7 Å². The van der Waals surface area contributed by atoms with E-state index >= 15 is 0 Å². The van der Waals surface area contributed by atoms with Crippen molar-refractivity contribution in [2.24, 2.45) is 23.7 Å². The number of hydrogen-bond donors (Lipinski definition) is 1. The monoisotopic (exact) mass is 271 g/mol. The highest BCUT2D eigenvalue weighted by molar-refractivity contribution is 6.77. The minimum atomic E-state index is -1.30. The van der Waals surface area contributed by atoms with Gasteiger partial charge in [-0.1, -0.05) is 55.4 Å². The molecular weight excluding hydrogens is 234 g/mol. The van der Waals surface area contributed by atoms with Crippen molar-refractivity contribution in [3.8, 4) is 0 Å². The van der Waals surface area contributed by atoms with E-state index in [0.29, 0.717) is 0 Å². The highest BCUT2D eigenvalue weighted by atomic mass is 28.3. The van der Waals surface area contributed by atoms with Gasteiger partial charge in [-0.3, -0.25) is 0 Å². The topological polar surface area (TPSA) is 12.0 Å². The molecular formula is C16H37NSi. The van der Waals surface area contributed by atoms with Gasteiger partial charge in [0.2, 0.25) is 0 Å². The van der Waals surface area contributed by atoms with Crippen molar-refractivity contribution in [3.05, 3.63) is 0 Å². The third-order valence-electron chi connectivity index (χ3n) is 3.28. The van der Waals surface area contributed by atoms with Crippen LogP contribution in [0.15, 0.2) is 0 Å². The lowest BCUT2D eigenvalue weighted by atomic mass is 10.2. The second-order valence-corrected chi connectivity index (χ2v) is 12.0. The predicted molar refractivity (Wildman–Crippen MR) is 87.5 cm³/mol. The summed E-state index contributed by atoms with van der Waals surface area (Å²) in [6.45, 7) is 20.2. The standard InChI is InChI=1S/C16H37NSi/c1-13(2)9-17-18(10-14(3)4,11-15(5)6)12-16(7)8/h13-17H,9-12H2,1-8H3. The molecule has 0 spiro atoms. The molecule has 0 saturated heterocycles. The molecule has 0 aliphatic heterocycles. The van der Waals surface area contributed by atoms with Crippen LogP contribution < -0.4 is 4.98 Å². The van der Waals surface area contributed by atoms with Crippen molar-refractivity contribution in [2.75, 3.05) is 6.54 Å². The molecule has 0 bridgehead atoms. The molecule has 0 unspecified atom stereocenters. The summed E-state index contributed by atoms with van der Waals surface area (Å²) in [6.07, 6.45) is 0. The van der Waals surface area contributed by atoms with E-state index in [-0.39, 0.29) is 0 Å². The fourth-order valence-electron chi connectivity index (χ4n) is 3.23. The van der Waals surface area contributed by atoms with E-state index in [1.807, 2.05) is 0 Å². The van der Waals surface area contributed by atoms with Gasteiger partial charge in [0.05, 0.1) is 0 Å². The van der Waals surface area contributed by atoms with Crippen LogP contribution in [0.1, 0.15) is 55.4 Å². The van der Waals surface area contributed by atoms with Crippen LogP contribution in [0, 0.1) is 23.7 Å². The largest absolute Gasteiger partial charge is 0.337 e. The van der Waals surface area contributed by atoms with Gasteiger partial charge in [-0.15, -0.1) is 0 Å². The first kappa shape index (κ1) is 18.2. The maximum Gasteiger partial charge on any atom is 0.126 e. The Hall–Kier alpha value is 0.177. The Bertz CT molecular complexity index is 183. The summed E-state index contributed by atoms with van der Waals surface area (Å²) in [5.41, 5.74) is 0. The zero-order chi connectivity index (χ0) is 14.3. The van der Waals surface area contributed by atoms with E-state index < -0.39 is 8.24 Å². The van der Waals surface area contributed by atoms with Crippen molar-refractivity contribution >= 4 is 8.24 Å². The van der Waals surface area contributed by atoms with Crippen LogP contribution >= 0.6 is 0 Å². The van der Waals surface area contributed by atoms with Gasteiger partial charge >= 0.3 is 0 Å². The third-order valence-corrected chi connectivity index (χ3v) is 9.03. The molecule has 18 heavy (non-hydrogen) atoms. The Morgan fingerprint density at radius 1 is 0.611 bits per heavy atom. The first-order chi connectivity index (χ1) is 8.17. The summed E-state index contributed by atoms with van der Waals surface area (Å²) in [5.74, 6) is 3.25. The average Bonchev–Trinajstić information content (AvgIpc) is 2.11. The Kier molecular flexibility index (Phi) is 8.45. The molecule has 0 fully saturated rings. The fraction of sp³-hybridized carbons (Fsp3) is 1.00. The predicted octanol–water partition coefficient (Wildman–Crippen LogP) is 5.15. The summed E-state index contributed by atoms with van der Waals surface area (Å²) >= 11 is 0. The quantitative estimate of drug-likeness (QED) is 0.572. The Balaban J connectivity index is 4.85. The summed E-state index contributed by atoms with van der Waals surface area (Å²) in [7, 11) is -1.30. The van der Waals surface area contributed by atoms with Gasteiger partial charge in [-0.25, -0.2) is 0 Å². The summed E-state index contributed by atoms with van der Waals surface area (Å²) < 4.78 is 0. The Morgan fingerprint density at radius 3 is 1.17 bits per heavy atom. The van der Waals surface area contributed by atoms with Crippen LogP contribution in [0.5, 0.6) is 0 Å². The van der Waals surface area contributed by atoms with E-state index in [4.69, 9.17) is 0 Å². The molecule has 0 aromatic heterocycles. The summed E-state index contributed by atoms with van der Waals surface area (Å²) in [5, 5.41) is 0. The normalized spacial score (nSPS) is 13.3. The number of nitrogens with one attached hydrogen (secondary N) is 1. The fourth-order valence-corrected chi connectivity index (χ4v) is 9.69. The van der Waals surface area contributed by atoms with Gasteiger partial charge in [-0.2, -0.15) is 0 Å². The van der Waals surface area contributed by atoms with Crippen LogP contribution in [0.25, 0.3) is 0 Å². The first-order valence-electron chi connectivity index (χ1n) is 7.92. The molecule has 110 valence electrons. The highest BCUT2D eigenvalue weighted by Crippen LogP contribution is 2.30. The number of hydrogen-bond acceptors (Lipinski definition) is 1. The lowest BCUT2D eigenvalue weighted by Crippen LogP contribution is -2.54. The summed E-state index contributed by atoms with van der Waals surface area (Å²) in [6, 6.07) is 4.32. The van der Waals surface area contributed by atoms with E-state index in [2.05, 4.69) is 60.4 Å². The molecule has 1 N–H and O–H groups in total. The SMILES string of the molecule is CC(C)CN[Si](CC(C)C)(CC(C)C)CC(C)C. The second kappa shape index (κ2) is 8.37. The molecule has 0 aromatic rings. The lowest BCUT2D eigenvalue weighted by molar-refractivity contribution is 0.578. The van der Waals surface area contributed by atoms with Crippen molar-refractivity contribution in [1.82, 2.24) is 4.98 Å². The molecule has 2 heteroatoms. The van der Waals surface area contributed by atoms with Crippen LogP contribution in [0.2, 0.25) is 18.1 Å². The van der Waals surface area contributed by atoms with Crippen molar-refractivity contribution < 1.29 is 0 Å². The minimum Gasteiger partial charge on any atom is -0.337 e. The van der Waals surface area contributed by atoms with Gasteiger partial charge < -0.3 is 4.98 Å². The highest BCUT2D eigenvalue weighted by Gasteiger charge is 2.35. The molecule has 0 aromatic carbocycles. The van der Waals surface area contributed by atoms with E-state index in [9.17, 15) is 0 Å². The van der Waals surface area contributed by atoms with Gasteiger partial charge in [0.15, 0.2) is 0 Å².